The van der Waals surface area contributed by atoms with E-state index in [1.807, 2.05) is 0 Å². The van der Waals surface area contributed by atoms with Crippen molar-refractivity contribution in [1.29, 1.82) is 0 Å². The van der Waals surface area contributed by atoms with E-state index in [9.17, 15) is 0 Å². The van der Waals surface area contributed by atoms with Crippen LogP contribution in [0.25, 0.3) is 5.57 Å². The van der Waals surface area contributed by atoms with Crippen LogP contribution >= 0.6 is 0 Å². The highest BCUT2D eigenvalue weighted by atomic mass is 28.3. The molecule has 1 unspecified atom stereocenters. The molecule has 0 aliphatic heterocycles. The van der Waals surface area contributed by atoms with Crippen LogP contribution in [0.3, 0.4) is 0 Å². The molecule has 0 amide bonds. The molecule has 1 heteroatoms. The summed E-state index contributed by atoms with van der Waals surface area (Å²) in [6, 6.07) is 44.2. The van der Waals surface area contributed by atoms with Crippen LogP contribution in [-0.4, -0.2) is 8.07 Å². The van der Waals surface area contributed by atoms with E-state index in [1.54, 1.807) is 0 Å². The molecule has 4 aromatic rings. The zero-order valence-electron chi connectivity index (χ0n) is 16.9. The van der Waals surface area contributed by atoms with Gasteiger partial charge >= 0.3 is 0 Å². The normalized spacial score (nSPS) is 15.7. The van der Waals surface area contributed by atoms with Gasteiger partial charge in [0.05, 0.1) is 0 Å². The second-order valence-corrected chi connectivity index (χ2v) is 11.8. The fraction of sp³-hybridized carbons (Fsp3) is 0.0345. The van der Waals surface area contributed by atoms with Crippen LogP contribution in [0.4, 0.5) is 0 Å². The fourth-order valence-corrected chi connectivity index (χ4v) is 9.91. The molecule has 0 N–H and O–H groups in total. The summed E-state index contributed by atoms with van der Waals surface area (Å²) in [7, 11) is -2.33. The van der Waals surface area contributed by atoms with Crippen LogP contribution < -0.4 is 15.6 Å². The highest BCUT2D eigenvalue weighted by molar-refractivity contribution is 7.13. The van der Waals surface area contributed by atoms with E-state index >= 15 is 0 Å². The van der Waals surface area contributed by atoms with Gasteiger partial charge in [0.2, 0.25) is 0 Å². The summed E-state index contributed by atoms with van der Waals surface area (Å²) in [5, 5.41) is 4.34. The fourth-order valence-electron chi connectivity index (χ4n) is 4.78. The highest BCUT2D eigenvalue weighted by Crippen LogP contribution is 2.35. The molecule has 0 radical (unpaired) electrons. The third-order valence-electron chi connectivity index (χ3n) is 6.14. The van der Waals surface area contributed by atoms with Crippen LogP contribution in [0.15, 0.2) is 140 Å². The van der Waals surface area contributed by atoms with Gasteiger partial charge in [-0.15, -0.1) is 0 Å². The lowest BCUT2D eigenvalue weighted by atomic mass is 10.1. The maximum absolute atomic E-state index is 2.49. The molecule has 0 saturated carbocycles. The minimum absolute atomic E-state index is 0.347. The van der Waals surface area contributed by atoms with Crippen LogP contribution in [-0.2, 0) is 0 Å². The van der Waals surface area contributed by atoms with Gasteiger partial charge in [-0.2, -0.15) is 0 Å². The first-order valence-corrected chi connectivity index (χ1v) is 12.6. The molecule has 1 atom stereocenters. The Balaban J connectivity index is 1.77. The minimum Gasteiger partial charge on any atom is -0.0787 e. The van der Waals surface area contributed by atoms with E-state index in [4.69, 9.17) is 0 Å². The Bertz CT molecular complexity index is 1060. The molecule has 0 nitrogen and oxygen atoms in total. The van der Waals surface area contributed by atoms with Crippen molar-refractivity contribution in [2.75, 3.05) is 0 Å². The summed E-state index contributed by atoms with van der Waals surface area (Å²) in [6.07, 6.45) is 7.24. The maximum atomic E-state index is 2.49. The van der Waals surface area contributed by atoms with Crippen molar-refractivity contribution in [2.45, 2.75) is 5.54 Å². The van der Waals surface area contributed by atoms with Crippen molar-refractivity contribution in [3.63, 3.8) is 0 Å². The topological polar surface area (TPSA) is 0 Å². The summed E-state index contributed by atoms with van der Waals surface area (Å²) >= 11 is 0. The molecule has 144 valence electrons. The van der Waals surface area contributed by atoms with Crippen molar-refractivity contribution >= 4 is 29.2 Å². The lowest BCUT2D eigenvalue weighted by Crippen LogP contribution is -2.69. The number of hydrogen-bond donors (Lipinski definition) is 0. The van der Waals surface area contributed by atoms with Crippen LogP contribution in [0, 0.1) is 0 Å². The molecule has 5 rings (SSSR count). The second-order valence-electron chi connectivity index (χ2n) is 7.78. The van der Waals surface area contributed by atoms with Crippen molar-refractivity contribution in [2.24, 2.45) is 0 Å². The lowest BCUT2D eigenvalue weighted by molar-refractivity contribution is 1.34. The van der Waals surface area contributed by atoms with Gasteiger partial charge in [0.1, 0.15) is 0 Å². The summed E-state index contributed by atoms with van der Waals surface area (Å²) in [4.78, 5) is 0. The molecule has 1 aliphatic rings. The first-order valence-electron chi connectivity index (χ1n) is 10.5. The van der Waals surface area contributed by atoms with Crippen molar-refractivity contribution < 1.29 is 0 Å². The summed E-state index contributed by atoms with van der Waals surface area (Å²) in [5.74, 6) is 0. The number of rotatable bonds is 5. The predicted octanol–water partition coefficient (Wildman–Crippen LogP) is 5.18. The van der Waals surface area contributed by atoms with E-state index in [2.05, 4.69) is 140 Å². The number of hydrogen-bond acceptors (Lipinski definition) is 0. The van der Waals surface area contributed by atoms with E-state index in [0.717, 1.165) is 0 Å². The Morgan fingerprint density at radius 3 is 1.30 bits per heavy atom. The SMILES string of the molecule is C1=CC([Si](c2ccccc2)(c2ccccc2)c2ccccc2)C=C1c1ccccc1. The largest absolute Gasteiger partial charge is 0.158 e. The molecular formula is C29H24Si. The smallest absolute Gasteiger partial charge is 0.0787 e. The average molecular weight is 401 g/mol. The van der Waals surface area contributed by atoms with Crippen LogP contribution in [0.2, 0.25) is 5.54 Å². The molecule has 0 aromatic heterocycles. The quantitative estimate of drug-likeness (QED) is 0.320. The van der Waals surface area contributed by atoms with E-state index in [1.165, 1.54) is 26.7 Å². The summed E-state index contributed by atoms with van der Waals surface area (Å²) in [6.45, 7) is 0. The lowest BCUT2D eigenvalue weighted by Gasteiger charge is -2.37. The maximum Gasteiger partial charge on any atom is 0.158 e. The van der Waals surface area contributed by atoms with Gasteiger partial charge in [0, 0.05) is 5.54 Å². The standard InChI is InChI=1S/C29H24Si/c1-5-13-24(14-6-1)25-21-22-29(23-25)30(26-15-7-2-8-16-26,27-17-9-3-10-18-27)28-19-11-4-12-20-28/h1-23,29H. The number of benzene rings is 4. The van der Waals surface area contributed by atoms with Crippen molar-refractivity contribution in [3.8, 4) is 0 Å². The van der Waals surface area contributed by atoms with Gasteiger partial charge in [-0.05, 0) is 26.7 Å². The molecule has 0 heterocycles. The molecule has 30 heavy (non-hydrogen) atoms. The molecule has 0 bridgehead atoms. The zero-order chi connectivity index (χ0) is 20.2. The molecule has 1 aliphatic carbocycles. The van der Waals surface area contributed by atoms with Gasteiger partial charge in [-0.25, -0.2) is 0 Å². The van der Waals surface area contributed by atoms with Crippen molar-refractivity contribution in [1.82, 2.24) is 0 Å². The van der Waals surface area contributed by atoms with E-state index < -0.39 is 8.07 Å². The van der Waals surface area contributed by atoms with E-state index in [-0.39, 0.29) is 0 Å². The highest BCUT2D eigenvalue weighted by Gasteiger charge is 2.45. The van der Waals surface area contributed by atoms with Gasteiger partial charge < -0.3 is 0 Å². The molecule has 4 aromatic carbocycles. The molecule has 0 saturated heterocycles. The Kier molecular flexibility index (Phi) is 5.04. The van der Waals surface area contributed by atoms with Crippen molar-refractivity contribution in [3.05, 3.63) is 145 Å². The second kappa shape index (κ2) is 8.14. The van der Waals surface area contributed by atoms with E-state index in [0.29, 0.717) is 5.54 Å². The molecule has 0 spiro atoms. The van der Waals surface area contributed by atoms with Gasteiger partial charge in [0.25, 0.3) is 0 Å². The van der Waals surface area contributed by atoms with Crippen LogP contribution in [0.1, 0.15) is 5.56 Å². The third kappa shape index (κ3) is 3.18. The van der Waals surface area contributed by atoms with Gasteiger partial charge in [-0.1, -0.05) is 140 Å². The summed E-state index contributed by atoms with van der Waals surface area (Å²) < 4.78 is 0. The first-order chi connectivity index (χ1) is 14.9. The van der Waals surface area contributed by atoms with Crippen LogP contribution in [0.5, 0.6) is 0 Å². The zero-order valence-corrected chi connectivity index (χ0v) is 17.9. The monoisotopic (exact) mass is 400 g/mol. The summed E-state index contributed by atoms with van der Waals surface area (Å²) in [5.41, 5.74) is 2.95. The van der Waals surface area contributed by atoms with Gasteiger partial charge in [0.15, 0.2) is 8.07 Å². The Morgan fingerprint density at radius 1 is 0.467 bits per heavy atom. The Hall–Kier alpha value is -3.42. The molecular weight excluding hydrogens is 376 g/mol. The average Bonchev–Trinajstić information content (AvgIpc) is 3.33. The third-order valence-corrected chi connectivity index (χ3v) is 11.2. The first kappa shape index (κ1) is 18.6. The predicted molar refractivity (Wildman–Crippen MR) is 131 cm³/mol. The number of allylic oxidation sites excluding steroid dienone is 4. The molecule has 0 fully saturated rings. The Morgan fingerprint density at radius 2 is 0.867 bits per heavy atom. The van der Waals surface area contributed by atoms with Gasteiger partial charge in [-0.3, -0.25) is 0 Å². The Labute approximate surface area is 179 Å². The minimum atomic E-state index is -2.33.